The third kappa shape index (κ3) is 9.27. The summed E-state index contributed by atoms with van der Waals surface area (Å²) in [6.45, 7) is 8.78. The number of aliphatic imine (C=N–C) groups is 1. The van der Waals surface area contributed by atoms with Crippen LogP contribution < -0.4 is 23.8 Å². The number of ether oxygens (including phenoxy) is 4. The Kier molecular flexibility index (Phi) is 13.1. The van der Waals surface area contributed by atoms with Gasteiger partial charge in [0, 0.05) is 81.2 Å². The van der Waals surface area contributed by atoms with Gasteiger partial charge in [-0.1, -0.05) is 35.3 Å². The molecule has 1 unspecified atom stereocenters. The number of hydrogen-bond acceptors (Lipinski definition) is 14. The summed E-state index contributed by atoms with van der Waals surface area (Å²) in [5.74, 6) is 0.191. The first-order valence-corrected chi connectivity index (χ1v) is 22.9. The van der Waals surface area contributed by atoms with Gasteiger partial charge < -0.3 is 33.9 Å². The second-order valence-corrected chi connectivity index (χ2v) is 18.2. The minimum atomic E-state index is -1.46. The highest BCUT2D eigenvalue weighted by Crippen LogP contribution is 2.53. The number of benzene rings is 3. The van der Waals surface area contributed by atoms with E-state index in [0.717, 1.165) is 39.1 Å². The topological polar surface area (TPSA) is 148 Å². The number of halogens is 3. The number of fused-ring (bicyclic) bond motifs is 7. The predicted molar refractivity (Wildman–Crippen MR) is 250 cm³/mol. The van der Waals surface area contributed by atoms with Crippen molar-refractivity contribution >= 4 is 62.9 Å². The Balaban J connectivity index is 1.16. The number of aliphatic carboxylic acids is 1. The molecular formula is C47H47Cl2FN8O6S. The molecule has 3 aromatic heterocycles. The summed E-state index contributed by atoms with van der Waals surface area (Å²) < 4.78 is 40.6. The predicted octanol–water partition coefficient (Wildman–Crippen LogP) is 8.20. The molecule has 0 radical (unpaired) electrons. The van der Waals surface area contributed by atoms with Crippen molar-refractivity contribution in [2.24, 2.45) is 4.99 Å². The standard InChI is InChI=1S/C47H47Cl2FN8O6S/c1-26-37-27(2)41(49)42(40(26)48)63-34(22-57-17-15-56(4)16-18-57)24-61-33-9-10-35(62-23-31-11-13-52-47(55-31)58-14-12-32(58)21-51-3)29(19-33)20-36(46(59)60)64-44-39-38(37)43(65-45(39)54-25-53-44)28-5-7-30(50)8-6-28/h5-11,13,19,21,25,32,34,36H,12,14-18,20,22-24H2,1-4H3,(H,59,60)/t32?,34-,36-/m1/s1. The van der Waals surface area contributed by atoms with Crippen LogP contribution in [-0.2, 0) is 17.8 Å². The summed E-state index contributed by atoms with van der Waals surface area (Å²) in [7, 11) is 3.85. The molecule has 0 saturated carbocycles. The maximum absolute atomic E-state index is 14.4. The van der Waals surface area contributed by atoms with E-state index >= 15 is 0 Å². The lowest BCUT2D eigenvalue weighted by molar-refractivity contribution is -0.145. The minimum Gasteiger partial charge on any atom is -0.490 e. The summed E-state index contributed by atoms with van der Waals surface area (Å²) in [6.07, 6.45) is 3.77. The van der Waals surface area contributed by atoms with Crippen LogP contribution in [0.4, 0.5) is 10.3 Å². The molecule has 3 aromatic carbocycles. The van der Waals surface area contributed by atoms with Gasteiger partial charge in [-0.25, -0.2) is 29.1 Å². The maximum Gasteiger partial charge on any atom is 0.345 e. The molecular weight excluding hydrogens is 895 g/mol. The third-order valence-electron chi connectivity index (χ3n) is 12.1. The molecule has 10 rings (SSSR count). The highest BCUT2D eigenvalue weighted by molar-refractivity contribution is 7.22. The zero-order valence-corrected chi connectivity index (χ0v) is 38.6. The lowest BCUT2D eigenvalue weighted by atomic mass is 9.92. The van der Waals surface area contributed by atoms with E-state index in [-0.39, 0.29) is 31.6 Å². The molecule has 4 aliphatic heterocycles. The van der Waals surface area contributed by atoms with E-state index in [9.17, 15) is 14.3 Å². The fourth-order valence-electron chi connectivity index (χ4n) is 8.45. The van der Waals surface area contributed by atoms with Gasteiger partial charge in [-0.05, 0) is 86.0 Å². The first-order chi connectivity index (χ1) is 31.4. The summed E-state index contributed by atoms with van der Waals surface area (Å²) >= 11 is 16.0. The number of carbonyl (C=O) groups is 1. The van der Waals surface area contributed by atoms with Gasteiger partial charge in [-0.3, -0.25) is 9.89 Å². The van der Waals surface area contributed by atoms with E-state index in [4.69, 9.17) is 47.1 Å². The quantitative estimate of drug-likeness (QED) is 0.139. The smallest absolute Gasteiger partial charge is 0.345 e. The Hall–Kier alpha value is -5.65. The summed E-state index contributed by atoms with van der Waals surface area (Å²) in [4.78, 5) is 43.8. The fraction of sp³-hybridized carbons (Fsp3) is 0.362. The zero-order valence-electron chi connectivity index (χ0n) is 36.3. The van der Waals surface area contributed by atoms with Gasteiger partial charge in [0.2, 0.25) is 17.9 Å². The SMILES string of the molecule is CN=CC1CCN1c1nccc(COc2ccc3cc2C[C@H](C(=O)O)Oc2ncnc4sc(-c5ccc(F)cc5)c(c24)-c2c(C)c(Cl)c(c(Cl)c2C)O[C@H](CN2CCN(C)CC2)CO3)n1. The monoisotopic (exact) mass is 940 g/mol. The van der Waals surface area contributed by atoms with Gasteiger partial charge >= 0.3 is 5.97 Å². The van der Waals surface area contributed by atoms with Crippen LogP contribution in [0.2, 0.25) is 10.0 Å². The second-order valence-electron chi connectivity index (χ2n) is 16.4. The molecule has 14 nitrogen and oxygen atoms in total. The first kappa shape index (κ1) is 44.5. The van der Waals surface area contributed by atoms with E-state index in [1.54, 1.807) is 49.6 Å². The molecule has 2 fully saturated rings. The van der Waals surface area contributed by atoms with Crippen molar-refractivity contribution in [3.05, 3.63) is 99.3 Å². The Morgan fingerprint density at radius 1 is 1.00 bits per heavy atom. The summed E-state index contributed by atoms with van der Waals surface area (Å²) in [6, 6.07) is 13.3. The number of piperazine rings is 1. The van der Waals surface area contributed by atoms with Crippen LogP contribution in [-0.4, -0.2) is 125 Å². The van der Waals surface area contributed by atoms with Crippen molar-refractivity contribution < 1.29 is 33.2 Å². The molecule has 0 aliphatic carbocycles. The molecule has 6 aromatic rings. The van der Waals surface area contributed by atoms with Crippen molar-refractivity contribution in [2.45, 2.75) is 51.5 Å². The third-order valence-corrected chi connectivity index (χ3v) is 14.1. The number of aromatic nitrogens is 4. The number of likely N-dealkylation sites (N-methyl/N-ethyl adjacent to an activating group) is 1. The summed E-state index contributed by atoms with van der Waals surface area (Å²) in [5, 5.41) is 11.9. The van der Waals surface area contributed by atoms with Gasteiger partial charge in [-0.15, -0.1) is 11.3 Å². The average Bonchev–Trinajstić information content (AvgIpc) is 3.68. The minimum absolute atomic E-state index is 0.0331. The van der Waals surface area contributed by atoms with Crippen LogP contribution in [0, 0.1) is 19.7 Å². The van der Waals surface area contributed by atoms with Crippen LogP contribution in [0.25, 0.3) is 31.8 Å². The van der Waals surface area contributed by atoms with Crippen LogP contribution in [0.1, 0.15) is 28.8 Å². The number of carboxylic acids is 1. The average molecular weight is 942 g/mol. The molecule has 65 heavy (non-hydrogen) atoms. The van der Waals surface area contributed by atoms with Crippen molar-refractivity contribution in [3.63, 3.8) is 0 Å². The van der Waals surface area contributed by atoms with Crippen molar-refractivity contribution in [1.29, 1.82) is 0 Å². The molecule has 3 atom stereocenters. The normalized spacial score (nSPS) is 19.4. The molecule has 4 aliphatic rings. The fourth-order valence-corrected chi connectivity index (χ4v) is 10.1. The highest BCUT2D eigenvalue weighted by Gasteiger charge is 2.33. The maximum atomic E-state index is 14.4. The van der Waals surface area contributed by atoms with Gasteiger partial charge in [0.1, 0.15) is 47.8 Å². The van der Waals surface area contributed by atoms with E-state index in [2.05, 4.69) is 41.7 Å². The molecule has 18 heteroatoms. The number of carboxylic acid groups (broad SMARTS) is 1. The Bertz CT molecular complexity index is 2740. The van der Waals surface area contributed by atoms with Gasteiger partial charge in [0.05, 0.1) is 27.2 Å². The van der Waals surface area contributed by atoms with E-state index in [1.165, 1.54) is 29.8 Å². The van der Waals surface area contributed by atoms with E-state index in [0.29, 0.717) is 94.0 Å². The Morgan fingerprint density at radius 3 is 2.48 bits per heavy atom. The van der Waals surface area contributed by atoms with Crippen molar-refractivity contribution in [2.75, 3.05) is 64.9 Å². The molecule has 0 amide bonds. The van der Waals surface area contributed by atoms with Gasteiger partial charge in [0.25, 0.3) is 0 Å². The van der Waals surface area contributed by atoms with E-state index in [1.807, 2.05) is 20.1 Å². The second kappa shape index (κ2) is 19.1. The van der Waals surface area contributed by atoms with Crippen molar-refractivity contribution in [1.82, 2.24) is 29.7 Å². The number of anilines is 1. The molecule has 1 N–H and O–H groups in total. The number of hydrogen-bond donors (Lipinski definition) is 1. The van der Waals surface area contributed by atoms with Crippen LogP contribution in [0.3, 0.4) is 0 Å². The molecule has 338 valence electrons. The first-order valence-electron chi connectivity index (χ1n) is 21.3. The molecule has 0 spiro atoms. The Morgan fingerprint density at radius 2 is 1.77 bits per heavy atom. The zero-order chi connectivity index (χ0) is 45.4. The lowest BCUT2D eigenvalue weighted by Crippen LogP contribution is -2.49. The van der Waals surface area contributed by atoms with Crippen LogP contribution in [0.15, 0.2) is 66.0 Å². The lowest BCUT2D eigenvalue weighted by Gasteiger charge is -2.38. The largest absolute Gasteiger partial charge is 0.490 e. The van der Waals surface area contributed by atoms with Crippen LogP contribution >= 0.6 is 34.5 Å². The number of rotatable bonds is 9. The van der Waals surface area contributed by atoms with E-state index < -0.39 is 24.0 Å². The number of thiophene rings is 1. The van der Waals surface area contributed by atoms with Gasteiger partial charge in [0.15, 0.2) is 5.75 Å². The molecule has 2 saturated heterocycles. The Labute approximate surface area is 389 Å². The van der Waals surface area contributed by atoms with Crippen molar-refractivity contribution in [3.8, 4) is 44.7 Å². The highest BCUT2D eigenvalue weighted by atomic mass is 35.5. The molecule has 4 bridgehead atoms. The van der Waals surface area contributed by atoms with Gasteiger partial charge in [-0.2, -0.15) is 0 Å². The summed E-state index contributed by atoms with van der Waals surface area (Å²) in [5.41, 5.74) is 4.44. The molecule has 7 heterocycles. The van der Waals surface area contributed by atoms with Crippen LogP contribution in [0.5, 0.6) is 23.1 Å². The number of nitrogens with zero attached hydrogens (tertiary/aromatic N) is 8.